The van der Waals surface area contributed by atoms with Crippen LogP contribution in [0.1, 0.15) is 23.0 Å². The van der Waals surface area contributed by atoms with Crippen molar-refractivity contribution in [3.8, 4) is 0 Å². The van der Waals surface area contributed by atoms with Crippen LogP contribution in [0.15, 0.2) is 42.7 Å². The summed E-state index contributed by atoms with van der Waals surface area (Å²) >= 11 is 8.30. The Bertz CT molecular complexity index is 862. The molecule has 0 fully saturated rings. The minimum absolute atomic E-state index is 0.321. The minimum Gasteiger partial charge on any atom is -0.461 e. The van der Waals surface area contributed by atoms with E-state index in [0.717, 1.165) is 20.0 Å². The number of nitrogens with zero attached hydrogens (tertiary/aromatic N) is 2. The number of esters is 1. The van der Waals surface area contributed by atoms with Gasteiger partial charge >= 0.3 is 5.97 Å². The van der Waals surface area contributed by atoms with Crippen molar-refractivity contribution in [2.75, 3.05) is 6.61 Å². The first-order chi connectivity index (χ1) is 11.1. The first-order valence-corrected chi connectivity index (χ1v) is 8.60. The van der Waals surface area contributed by atoms with Crippen LogP contribution in [-0.2, 0) is 11.3 Å². The Morgan fingerprint density at radius 3 is 2.74 bits per heavy atom. The molecule has 3 rings (SSSR count). The number of benzene rings is 1. The molecule has 0 atom stereocenters. The monoisotopic (exact) mass is 440 g/mol. The Morgan fingerprint density at radius 1 is 1.30 bits per heavy atom. The summed E-state index contributed by atoms with van der Waals surface area (Å²) in [5.74, 6) is -0.321. The van der Waals surface area contributed by atoms with Crippen molar-refractivity contribution in [3.05, 3.63) is 62.6 Å². The summed E-state index contributed by atoms with van der Waals surface area (Å²) in [6.45, 7) is 2.71. The quantitative estimate of drug-likeness (QED) is 0.443. The highest BCUT2D eigenvalue weighted by Gasteiger charge is 2.22. The second-order valence-electron chi connectivity index (χ2n) is 4.99. The lowest BCUT2D eigenvalue weighted by molar-refractivity contribution is 0.0513. The smallest absolute Gasteiger partial charge is 0.356 e. The van der Waals surface area contributed by atoms with Gasteiger partial charge in [0.05, 0.1) is 15.7 Å². The minimum atomic E-state index is -0.321. The zero-order valence-corrected chi connectivity index (χ0v) is 15.3. The van der Waals surface area contributed by atoms with Crippen molar-refractivity contribution in [2.24, 2.45) is 0 Å². The van der Waals surface area contributed by atoms with E-state index in [0.29, 0.717) is 23.9 Å². The third-order valence-electron chi connectivity index (χ3n) is 3.52. The fourth-order valence-corrected chi connectivity index (χ4v) is 3.64. The summed E-state index contributed by atoms with van der Waals surface area (Å²) in [6, 6.07) is 9.51. The molecule has 2 aromatic heterocycles. The zero-order chi connectivity index (χ0) is 16.4. The highest BCUT2D eigenvalue weighted by Crippen LogP contribution is 2.31. The summed E-state index contributed by atoms with van der Waals surface area (Å²) in [6.07, 6.45) is 3.49. The summed E-state index contributed by atoms with van der Waals surface area (Å²) < 4.78 is 8.06. The van der Waals surface area contributed by atoms with Gasteiger partial charge in [0.25, 0.3) is 0 Å². The molecule has 4 nitrogen and oxygen atoms in total. The van der Waals surface area contributed by atoms with Crippen LogP contribution in [0.3, 0.4) is 0 Å². The van der Waals surface area contributed by atoms with Gasteiger partial charge < -0.3 is 9.30 Å². The Balaban J connectivity index is 2.20. The van der Waals surface area contributed by atoms with Crippen molar-refractivity contribution in [2.45, 2.75) is 13.5 Å². The Labute approximate surface area is 152 Å². The predicted octanol–water partition coefficient (Wildman–Crippen LogP) is 4.52. The Hall–Kier alpha value is -1.60. The van der Waals surface area contributed by atoms with Crippen LogP contribution in [0.4, 0.5) is 0 Å². The van der Waals surface area contributed by atoms with Gasteiger partial charge in [-0.1, -0.05) is 11.6 Å². The number of carbonyl (C=O) groups excluding carboxylic acids is 1. The van der Waals surface area contributed by atoms with Crippen LogP contribution in [0.25, 0.3) is 10.9 Å². The van der Waals surface area contributed by atoms with Crippen LogP contribution in [0.2, 0.25) is 5.02 Å². The second kappa shape index (κ2) is 6.88. The maximum atomic E-state index is 12.4. The maximum Gasteiger partial charge on any atom is 0.356 e. The SMILES string of the molecule is CCOC(=O)c1c(I)c2cc(Cl)ccc2n1Cc1ccncc1. The second-order valence-corrected chi connectivity index (χ2v) is 6.50. The van der Waals surface area contributed by atoms with Crippen LogP contribution in [0.5, 0.6) is 0 Å². The molecule has 0 saturated heterocycles. The van der Waals surface area contributed by atoms with E-state index in [-0.39, 0.29) is 5.97 Å². The number of rotatable bonds is 4. The summed E-state index contributed by atoms with van der Waals surface area (Å²) in [5, 5.41) is 1.60. The molecule has 2 heterocycles. The molecule has 0 saturated carbocycles. The molecule has 0 N–H and O–H groups in total. The van der Waals surface area contributed by atoms with E-state index in [1.165, 1.54) is 0 Å². The molecular weight excluding hydrogens is 427 g/mol. The van der Waals surface area contributed by atoms with E-state index in [9.17, 15) is 4.79 Å². The zero-order valence-electron chi connectivity index (χ0n) is 12.4. The van der Waals surface area contributed by atoms with E-state index >= 15 is 0 Å². The molecule has 6 heteroatoms. The van der Waals surface area contributed by atoms with Gasteiger partial charge in [0.2, 0.25) is 0 Å². The topological polar surface area (TPSA) is 44.1 Å². The molecule has 0 bridgehead atoms. The van der Waals surface area contributed by atoms with Gasteiger partial charge in [0.1, 0.15) is 5.69 Å². The number of ether oxygens (including phenoxy) is 1. The summed E-state index contributed by atoms with van der Waals surface area (Å²) in [7, 11) is 0. The fourth-order valence-electron chi connectivity index (χ4n) is 2.52. The van der Waals surface area contributed by atoms with Crippen molar-refractivity contribution < 1.29 is 9.53 Å². The molecule has 23 heavy (non-hydrogen) atoms. The van der Waals surface area contributed by atoms with Gasteiger partial charge in [-0.15, -0.1) is 0 Å². The van der Waals surface area contributed by atoms with E-state index in [1.54, 1.807) is 19.3 Å². The van der Waals surface area contributed by atoms with Gasteiger partial charge in [-0.25, -0.2) is 4.79 Å². The maximum absolute atomic E-state index is 12.4. The van der Waals surface area contributed by atoms with Gasteiger partial charge in [-0.2, -0.15) is 0 Å². The number of pyridine rings is 1. The average Bonchev–Trinajstić information content (AvgIpc) is 2.81. The number of hydrogen-bond acceptors (Lipinski definition) is 3. The van der Waals surface area contributed by atoms with E-state index in [1.807, 2.05) is 34.9 Å². The first-order valence-electron chi connectivity index (χ1n) is 7.15. The predicted molar refractivity (Wildman–Crippen MR) is 99.0 cm³/mol. The van der Waals surface area contributed by atoms with Crippen LogP contribution in [0, 0.1) is 3.57 Å². The van der Waals surface area contributed by atoms with Crippen LogP contribution in [-0.4, -0.2) is 22.1 Å². The molecule has 0 unspecified atom stereocenters. The van der Waals surface area contributed by atoms with Crippen LogP contribution < -0.4 is 0 Å². The molecule has 0 aliphatic rings. The number of halogens is 2. The summed E-state index contributed by atoms with van der Waals surface area (Å²) in [5.41, 5.74) is 2.58. The van der Waals surface area contributed by atoms with Crippen molar-refractivity contribution >= 4 is 51.1 Å². The lowest BCUT2D eigenvalue weighted by Gasteiger charge is -2.10. The average molecular weight is 441 g/mol. The van der Waals surface area contributed by atoms with Gasteiger partial charge in [0, 0.05) is 29.3 Å². The molecule has 0 amide bonds. The highest BCUT2D eigenvalue weighted by molar-refractivity contribution is 14.1. The Kier molecular flexibility index (Phi) is 4.87. The normalized spacial score (nSPS) is 10.9. The summed E-state index contributed by atoms with van der Waals surface area (Å²) in [4.78, 5) is 16.5. The molecule has 3 aromatic rings. The van der Waals surface area contributed by atoms with Crippen molar-refractivity contribution in [1.82, 2.24) is 9.55 Å². The van der Waals surface area contributed by atoms with Gasteiger partial charge in [-0.3, -0.25) is 4.98 Å². The number of fused-ring (bicyclic) bond motifs is 1. The fraction of sp³-hybridized carbons (Fsp3) is 0.176. The van der Waals surface area contributed by atoms with E-state index in [2.05, 4.69) is 27.6 Å². The molecule has 0 aliphatic heterocycles. The third kappa shape index (κ3) is 3.21. The number of hydrogen-bond donors (Lipinski definition) is 0. The highest BCUT2D eigenvalue weighted by atomic mass is 127. The van der Waals surface area contributed by atoms with Gasteiger partial charge in [0.15, 0.2) is 0 Å². The van der Waals surface area contributed by atoms with Crippen LogP contribution >= 0.6 is 34.2 Å². The van der Waals surface area contributed by atoms with E-state index in [4.69, 9.17) is 16.3 Å². The molecule has 0 spiro atoms. The lowest BCUT2D eigenvalue weighted by atomic mass is 10.2. The standard InChI is InChI=1S/C17H14ClIN2O2/c1-2-23-17(22)16-15(19)13-9-12(18)3-4-14(13)21(16)10-11-5-7-20-8-6-11/h3-9H,2,10H2,1H3. The first kappa shape index (κ1) is 16.3. The van der Waals surface area contributed by atoms with Crippen molar-refractivity contribution in [1.29, 1.82) is 0 Å². The lowest BCUT2D eigenvalue weighted by Crippen LogP contribution is -2.14. The molecule has 0 radical (unpaired) electrons. The van der Waals surface area contributed by atoms with Crippen molar-refractivity contribution in [3.63, 3.8) is 0 Å². The third-order valence-corrected chi connectivity index (χ3v) is 4.85. The largest absolute Gasteiger partial charge is 0.461 e. The molecule has 118 valence electrons. The van der Waals surface area contributed by atoms with Gasteiger partial charge in [-0.05, 0) is 65.4 Å². The molecular formula is C17H14ClIN2O2. The molecule has 1 aromatic carbocycles. The Morgan fingerprint density at radius 2 is 2.04 bits per heavy atom. The van der Waals surface area contributed by atoms with E-state index < -0.39 is 0 Å². The molecule has 0 aliphatic carbocycles. The number of carbonyl (C=O) groups is 1. The number of aromatic nitrogens is 2.